The molecule has 2 aromatic rings. The molecule has 0 fully saturated rings. The van der Waals surface area contributed by atoms with Gasteiger partial charge in [0.2, 0.25) is 0 Å². The van der Waals surface area contributed by atoms with Crippen molar-refractivity contribution in [3.05, 3.63) is 46.1 Å². The average Bonchev–Trinajstić information content (AvgIpc) is 2.36. The molecule has 0 spiro atoms. The maximum atomic E-state index is 11.4. The molecule has 6 heteroatoms. The first kappa shape index (κ1) is 13.8. The third-order valence-electron chi connectivity index (χ3n) is 2.68. The lowest BCUT2D eigenvalue weighted by Crippen LogP contribution is -2.08. The van der Waals surface area contributed by atoms with Crippen molar-refractivity contribution >= 4 is 29.3 Å². The van der Waals surface area contributed by atoms with E-state index in [2.05, 4.69) is 10.2 Å². The van der Waals surface area contributed by atoms with Crippen molar-refractivity contribution in [2.45, 2.75) is 23.8 Å². The number of rotatable bonds is 3. The monoisotopic (exact) mass is 294 g/mol. The van der Waals surface area contributed by atoms with Crippen LogP contribution in [0.4, 0.5) is 0 Å². The van der Waals surface area contributed by atoms with Crippen LogP contribution < -0.4 is 0 Å². The van der Waals surface area contributed by atoms with Crippen LogP contribution in [0, 0.1) is 13.8 Å². The summed E-state index contributed by atoms with van der Waals surface area (Å²) in [7, 11) is 0. The third kappa shape index (κ3) is 2.88. The second kappa shape index (κ2) is 5.59. The molecule has 4 nitrogen and oxygen atoms in total. The van der Waals surface area contributed by atoms with E-state index < -0.39 is 5.97 Å². The van der Waals surface area contributed by atoms with Crippen LogP contribution >= 0.6 is 23.4 Å². The fourth-order valence-corrected chi connectivity index (χ4v) is 2.74. The summed E-state index contributed by atoms with van der Waals surface area (Å²) >= 11 is 7.27. The average molecular weight is 295 g/mol. The minimum absolute atomic E-state index is 0.178. The fourth-order valence-electron chi connectivity index (χ4n) is 1.54. The number of aromatic carboxylic acids is 1. The molecule has 0 radical (unpaired) electrons. The first-order valence-corrected chi connectivity index (χ1v) is 6.69. The number of carboxylic acids is 1. The topological polar surface area (TPSA) is 63.1 Å². The summed E-state index contributed by atoms with van der Waals surface area (Å²) in [5.74, 6) is -1.01. The molecular formula is C13H11ClN2O2S. The quantitative estimate of drug-likeness (QED) is 0.937. The van der Waals surface area contributed by atoms with E-state index in [4.69, 9.17) is 11.6 Å². The Morgan fingerprint density at radius 3 is 2.58 bits per heavy atom. The molecule has 0 atom stereocenters. The zero-order valence-corrected chi connectivity index (χ0v) is 11.9. The van der Waals surface area contributed by atoms with E-state index in [-0.39, 0.29) is 5.56 Å². The number of aromatic nitrogens is 2. The van der Waals surface area contributed by atoms with Gasteiger partial charge in [0.05, 0.1) is 16.3 Å². The van der Waals surface area contributed by atoms with E-state index >= 15 is 0 Å². The Morgan fingerprint density at radius 1 is 1.26 bits per heavy atom. The number of carbonyl (C=O) groups is 1. The van der Waals surface area contributed by atoms with Gasteiger partial charge < -0.3 is 5.11 Å². The molecule has 0 aliphatic rings. The normalized spacial score (nSPS) is 10.5. The molecule has 0 saturated carbocycles. The highest BCUT2D eigenvalue weighted by molar-refractivity contribution is 7.99. The van der Waals surface area contributed by atoms with Crippen LogP contribution in [0.3, 0.4) is 0 Å². The minimum atomic E-state index is -1.01. The predicted molar refractivity (Wildman–Crippen MR) is 74.0 cm³/mol. The molecular weight excluding hydrogens is 284 g/mol. The first-order valence-electron chi connectivity index (χ1n) is 5.50. The fraction of sp³-hybridized carbons (Fsp3) is 0.154. The number of carboxylic acid groups (broad SMARTS) is 1. The lowest BCUT2D eigenvalue weighted by molar-refractivity contribution is 0.0690. The smallest absolute Gasteiger partial charge is 0.338 e. The zero-order valence-electron chi connectivity index (χ0n) is 10.3. The van der Waals surface area contributed by atoms with Gasteiger partial charge in [-0.15, -0.1) is 5.10 Å². The van der Waals surface area contributed by atoms with Gasteiger partial charge in [0.25, 0.3) is 0 Å². The highest BCUT2D eigenvalue weighted by atomic mass is 35.5. The molecule has 1 aromatic carbocycles. The van der Waals surface area contributed by atoms with Gasteiger partial charge in [-0.1, -0.05) is 35.5 Å². The number of hydrogen-bond acceptors (Lipinski definition) is 4. The predicted octanol–water partition coefficient (Wildman–Crippen LogP) is 3.60. The summed E-state index contributed by atoms with van der Waals surface area (Å²) < 4.78 is 0. The summed E-state index contributed by atoms with van der Waals surface area (Å²) in [5.41, 5.74) is 1.41. The van der Waals surface area contributed by atoms with Crippen molar-refractivity contribution in [1.82, 2.24) is 10.2 Å². The van der Waals surface area contributed by atoms with Gasteiger partial charge in [-0.3, -0.25) is 0 Å². The number of nitrogens with zero attached hydrogens (tertiary/aromatic N) is 2. The van der Waals surface area contributed by atoms with Crippen LogP contribution in [0.1, 0.15) is 21.6 Å². The Balaban J connectivity index is 2.49. The van der Waals surface area contributed by atoms with Crippen molar-refractivity contribution in [1.29, 1.82) is 0 Å². The van der Waals surface area contributed by atoms with Gasteiger partial charge in [0.1, 0.15) is 5.03 Å². The number of hydrogen-bond donors (Lipinski definition) is 1. The lowest BCUT2D eigenvalue weighted by Gasteiger charge is -2.09. The maximum Gasteiger partial charge on any atom is 0.338 e. The molecule has 0 amide bonds. The van der Waals surface area contributed by atoms with E-state index in [1.54, 1.807) is 19.9 Å². The van der Waals surface area contributed by atoms with E-state index in [1.807, 2.05) is 18.2 Å². The van der Waals surface area contributed by atoms with Crippen molar-refractivity contribution in [2.75, 3.05) is 0 Å². The number of halogens is 1. The Kier molecular flexibility index (Phi) is 4.07. The standard InChI is InChI=1S/C13H11ClN2O2S/c1-7-8(2)15-16-12(11(7)13(17)18)19-10-6-4-3-5-9(10)14/h3-6H,1-2H3,(H,17,18). The highest BCUT2D eigenvalue weighted by Crippen LogP contribution is 2.34. The van der Waals surface area contributed by atoms with Crippen molar-refractivity contribution in [3.63, 3.8) is 0 Å². The first-order chi connectivity index (χ1) is 9.00. The zero-order chi connectivity index (χ0) is 14.0. The summed E-state index contributed by atoms with van der Waals surface area (Å²) in [6.45, 7) is 3.46. The molecule has 0 aliphatic carbocycles. The van der Waals surface area contributed by atoms with Gasteiger partial charge in [-0.2, -0.15) is 5.10 Å². The maximum absolute atomic E-state index is 11.4. The van der Waals surface area contributed by atoms with Gasteiger partial charge in [0.15, 0.2) is 0 Å². The van der Waals surface area contributed by atoms with E-state index in [0.717, 1.165) is 4.90 Å². The van der Waals surface area contributed by atoms with Gasteiger partial charge >= 0.3 is 5.97 Å². The van der Waals surface area contributed by atoms with Crippen molar-refractivity contribution in [3.8, 4) is 0 Å². The summed E-state index contributed by atoms with van der Waals surface area (Å²) in [6.07, 6.45) is 0. The molecule has 1 N–H and O–H groups in total. The summed E-state index contributed by atoms with van der Waals surface area (Å²) in [4.78, 5) is 12.1. The summed E-state index contributed by atoms with van der Waals surface area (Å²) in [6, 6.07) is 7.22. The molecule has 2 rings (SSSR count). The molecule has 1 aromatic heterocycles. The highest BCUT2D eigenvalue weighted by Gasteiger charge is 2.19. The Morgan fingerprint density at radius 2 is 1.95 bits per heavy atom. The second-order valence-electron chi connectivity index (χ2n) is 3.93. The van der Waals surface area contributed by atoms with E-state index in [9.17, 15) is 9.90 Å². The van der Waals surface area contributed by atoms with Crippen molar-refractivity contribution < 1.29 is 9.90 Å². The molecule has 0 unspecified atom stereocenters. The minimum Gasteiger partial charge on any atom is -0.478 e. The van der Waals surface area contributed by atoms with Crippen LogP contribution in [0.15, 0.2) is 34.2 Å². The SMILES string of the molecule is Cc1nnc(Sc2ccccc2Cl)c(C(=O)O)c1C. The van der Waals surface area contributed by atoms with Gasteiger partial charge in [-0.25, -0.2) is 4.79 Å². The van der Waals surface area contributed by atoms with Crippen LogP contribution in [-0.4, -0.2) is 21.3 Å². The Hall–Kier alpha value is -1.59. The third-order valence-corrected chi connectivity index (χ3v) is 4.18. The molecule has 1 heterocycles. The second-order valence-corrected chi connectivity index (χ2v) is 5.37. The van der Waals surface area contributed by atoms with Crippen molar-refractivity contribution in [2.24, 2.45) is 0 Å². The number of aryl methyl sites for hydroxylation is 1. The summed E-state index contributed by atoms with van der Waals surface area (Å²) in [5, 5.41) is 18.2. The van der Waals surface area contributed by atoms with E-state index in [1.165, 1.54) is 11.8 Å². The molecule has 0 bridgehead atoms. The molecule has 19 heavy (non-hydrogen) atoms. The Bertz CT molecular complexity index is 647. The van der Waals surface area contributed by atoms with Gasteiger partial charge in [-0.05, 0) is 31.5 Å². The Labute approximate surface area is 119 Å². The molecule has 0 saturated heterocycles. The van der Waals surface area contributed by atoms with Crippen LogP contribution in [0.25, 0.3) is 0 Å². The van der Waals surface area contributed by atoms with Crippen LogP contribution in [0.5, 0.6) is 0 Å². The van der Waals surface area contributed by atoms with Crippen LogP contribution in [0.2, 0.25) is 5.02 Å². The van der Waals surface area contributed by atoms with Crippen LogP contribution in [-0.2, 0) is 0 Å². The largest absolute Gasteiger partial charge is 0.478 e. The van der Waals surface area contributed by atoms with E-state index in [0.29, 0.717) is 21.3 Å². The number of benzene rings is 1. The van der Waals surface area contributed by atoms with Gasteiger partial charge in [0, 0.05) is 4.90 Å². The molecule has 0 aliphatic heterocycles. The molecule has 98 valence electrons. The lowest BCUT2D eigenvalue weighted by atomic mass is 10.1.